The summed E-state index contributed by atoms with van der Waals surface area (Å²) in [6.07, 6.45) is 1.10. The fourth-order valence-corrected chi connectivity index (χ4v) is 3.53. The number of benzene rings is 2. The number of nitrogen functional groups attached to an aromatic ring is 1. The lowest BCUT2D eigenvalue weighted by molar-refractivity contribution is 0.213. The summed E-state index contributed by atoms with van der Waals surface area (Å²) < 4.78 is 5.76. The Balaban J connectivity index is 1.52. The van der Waals surface area contributed by atoms with E-state index in [2.05, 4.69) is 41.3 Å². The maximum Gasteiger partial charge on any atom is 0.122 e. The van der Waals surface area contributed by atoms with E-state index in [1.165, 1.54) is 16.7 Å². The predicted molar refractivity (Wildman–Crippen MR) is 84.3 cm³/mol. The summed E-state index contributed by atoms with van der Waals surface area (Å²) in [4.78, 5) is 2.52. The molecule has 2 aromatic carbocycles. The van der Waals surface area contributed by atoms with Gasteiger partial charge in [0.1, 0.15) is 5.75 Å². The van der Waals surface area contributed by atoms with Gasteiger partial charge in [0.2, 0.25) is 0 Å². The summed E-state index contributed by atoms with van der Waals surface area (Å²) in [5, 5.41) is 0. The maximum absolute atomic E-state index is 5.89. The second kappa shape index (κ2) is 5.08. The van der Waals surface area contributed by atoms with Gasteiger partial charge in [-0.15, -0.1) is 0 Å². The van der Waals surface area contributed by atoms with Gasteiger partial charge in [0, 0.05) is 31.2 Å². The average molecular weight is 280 g/mol. The lowest BCUT2D eigenvalue weighted by Gasteiger charge is -2.29. The molecule has 4 rings (SSSR count). The van der Waals surface area contributed by atoms with Crippen molar-refractivity contribution in [2.45, 2.75) is 25.4 Å². The van der Waals surface area contributed by atoms with Crippen molar-refractivity contribution in [2.24, 2.45) is 0 Å². The molecule has 3 heteroatoms. The van der Waals surface area contributed by atoms with Crippen molar-refractivity contribution in [1.29, 1.82) is 0 Å². The van der Waals surface area contributed by atoms with E-state index in [1.54, 1.807) is 0 Å². The van der Waals surface area contributed by atoms with Gasteiger partial charge in [-0.25, -0.2) is 0 Å². The van der Waals surface area contributed by atoms with Crippen LogP contribution in [0.15, 0.2) is 42.5 Å². The quantitative estimate of drug-likeness (QED) is 0.859. The standard InChI is InChI=1S/C18H20N2O/c19-16-6-5-13-10-20(12-15(13)9-16)11-14-7-8-21-18-4-2-1-3-17(14)18/h1-6,9,14H,7-8,10-12,19H2. The Morgan fingerprint density at radius 2 is 1.95 bits per heavy atom. The van der Waals surface area contributed by atoms with E-state index in [-0.39, 0.29) is 0 Å². The molecule has 0 radical (unpaired) electrons. The summed E-state index contributed by atoms with van der Waals surface area (Å²) in [7, 11) is 0. The minimum absolute atomic E-state index is 0.571. The molecule has 1 unspecified atom stereocenters. The van der Waals surface area contributed by atoms with Crippen molar-refractivity contribution < 1.29 is 4.74 Å². The topological polar surface area (TPSA) is 38.5 Å². The van der Waals surface area contributed by atoms with Crippen LogP contribution in [0, 0.1) is 0 Å². The van der Waals surface area contributed by atoms with Crippen LogP contribution in [0.3, 0.4) is 0 Å². The third kappa shape index (κ3) is 2.38. The van der Waals surface area contributed by atoms with Crippen LogP contribution in [0.25, 0.3) is 0 Å². The molecule has 0 bridgehead atoms. The number of para-hydroxylation sites is 1. The Morgan fingerprint density at radius 1 is 1.10 bits per heavy atom. The lowest BCUT2D eigenvalue weighted by atomic mass is 9.92. The predicted octanol–water partition coefficient (Wildman–Crippen LogP) is 3.15. The summed E-state index contributed by atoms with van der Waals surface area (Å²) >= 11 is 0. The monoisotopic (exact) mass is 280 g/mol. The molecule has 21 heavy (non-hydrogen) atoms. The molecule has 2 aliphatic rings. The first-order chi connectivity index (χ1) is 10.3. The third-order valence-corrected chi connectivity index (χ3v) is 4.58. The number of nitrogens with zero attached hydrogens (tertiary/aromatic N) is 1. The van der Waals surface area contributed by atoms with E-state index in [1.807, 2.05) is 6.07 Å². The highest BCUT2D eigenvalue weighted by Crippen LogP contribution is 2.35. The summed E-state index contributed by atoms with van der Waals surface area (Å²) in [5.41, 5.74) is 10.9. The van der Waals surface area contributed by atoms with Gasteiger partial charge in [0.05, 0.1) is 6.61 Å². The number of ether oxygens (including phenoxy) is 1. The van der Waals surface area contributed by atoms with Gasteiger partial charge >= 0.3 is 0 Å². The Hall–Kier alpha value is -2.00. The fourth-order valence-electron chi connectivity index (χ4n) is 3.53. The van der Waals surface area contributed by atoms with Crippen LogP contribution >= 0.6 is 0 Å². The molecule has 0 saturated heterocycles. The molecule has 108 valence electrons. The molecule has 2 heterocycles. The molecule has 0 amide bonds. The normalized spacial score (nSPS) is 20.7. The number of hydrogen-bond donors (Lipinski definition) is 1. The van der Waals surface area contributed by atoms with Crippen LogP contribution in [0.4, 0.5) is 5.69 Å². The lowest BCUT2D eigenvalue weighted by Crippen LogP contribution is -2.27. The van der Waals surface area contributed by atoms with Gasteiger partial charge < -0.3 is 10.5 Å². The highest BCUT2D eigenvalue weighted by atomic mass is 16.5. The summed E-state index contributed by atoms with van der Waals surface area (Å²) in [5.74, 6) is 1.64. The fraction of sp³-hybridized carbons (Fsp3) is 0.333. The van der Waals surface area contributed by atoms with Gasteiger partial charge in [-0.3, -0.25) is 4.90 Å². The number of hydrogen-bond acceptors (Lipinski definition) is 3. The number of anilines is 1. The minimum atomic E-state index is 0.571. The summed E-state index contributed by atoms with van der Waals surface area (Å²) in [6, 6.07) is 14.7. The molecule has 1 atom stereocenters. The molecule has 2 aromatic rings. The van der Waals surface area contributed by atoms with E-state index in [9.17, 15) is 0 Å². The van der Waals surface area contributed by atoms with Crippen molar-refractivity contribution >= 4 is 5.69 Å². The Labute approximate surface area is 125 Å². The summed E-state index contributed by atoms with van der Waals surface area (Å²) in [6.45, 7) is 3.97. The van der Waals surface area contributed by atoms with Crippen LogP contribution in [0.5, 0.6) is 5.75 Å². The minimum Gasteiger partial charge on any atom is -0.493 e. The molecule has 3 nitrogen and oxygen atoms in total. The van der Waals surface area contributed by atoms with E-state index < -0.39 is 0 Å². The van der Waals surface area contributed by atoms with Crippen LogP contribution in [0.1, 0.15) is 29.0 Å². The van der Waals surface area contributed by atoms with Gasteiger partial charge in [-0.1, -0.05) is 24.3 Å². The van der Waals surface area contributed by atoms with E-state index >= 15 is 0 Å². The molecule has 2 N–H and O–H groups in total. The van der Waals surface area contributed by atoms with Crippen LogP contribution in [-0.4, -0.2) is 18.1 Å². The van der Waals surface area contributed by atoms with Crippen molar-refractivity contribution in [3.05, 3.63) is 59.2 Å². The molecule has 2 aliphatic heterocycles. The first-order valence-corrected chi connectivity index (χ1v) is 7.61. The SMILES string of the molecule is Nc1ccc2c(c1)CN(CC1CCOc3ccccc31)C2. The van der Waals surface area contributed by atoms with Gasteiger partial charge in [-0.05, 0) is 41.3 Å². The third-order valence-electron chi connectivity index (χ3n) is 4.58. The van der Waals surface area contributed by atoms with Crippen molar-refractivity contribution in [2.75, 3.05) is 18.9 Å². The Kier molecular flexibility index (Phi) is 3.08. The zero-order chi connectivity index (χ0) is 14.2. The van der Waals surface area contributed by atoms with Crippen LogP contribution in [-0.2, 0) is 13.1 Å². The van der Waals surface area contributed by atoms with E-state index in [0.29, 0.717) is 5.92 Å². The van der Waals surface area contributed by atoms with Gasteiger partial charge in [0.15, 0.2) is 0 Å². The Morgan fingerprint density at radius 3 is 2.90 bits per heavy atom. The van der Waals surface area contributed by atoms with Crippen molar-refractivity contribution in [1.82, 2.24) is 4.90 Å². The molecule has 0 aromatic heterocycles. The molecule has 0 fully saturated rings. The van der Waals surface area contributed by atoms with E-state index in [0.717, 1.165) is 44.1 Å². The van der Waals surface area contributed by atoms with Crippen LogP contribution < -0.4 is 10.5 Å². The molecular weight excluding hydrogens is 260 g/mol. The largest absolute Gasteiger partial charge is 0.493 e. The van der Waals surface area contributed by atoms with Crippen LogP contribution in [0.2, 0.25) is 0 Å². The Bertz CT molecular complexity index is 668. The molecule has 0 saturated carbocycles. The van der Waals surface area contributed by atoms with E-state index in [4.69, 9.17) is 10.5 Å². The number of nitrogens with two attached hydrogens (primary N) is 1. The highest BCUT2D eigenvalue weighted by molar-refractivity contribution is 5.46. The number of rotatable bonds is 2. The smallest absolute Gasteiger partial charge is 0.122 e. The average Bonchev–Trinajstić information content (AvgIpc) is 2.89. The zero-order valence-corrected chi connectivity index (χ0v) is 12.1. The first-order valence-electron chi connectivity index (χ1n) is 7.61. The first kappa shape index (κ1) is 12.7. The zero-order valence-electron chi connectivity index (χ0n) is 12.1. The van der Waals surface area contributed by atoms with Gasteiger partial charge in [0.25, 0.3) is 0 Å². The van der Waals surface area contributed by atoms with Crippen molar-refractivity contribution in [3.63, 3.8) is 0 Å². The second-order valence-electron chi connectivity index (χ2n) is 6.07. The van der Waals surface area contributed by atoms with Gasteiger partial charge in [-0.2, -0.15) is 0 Å². The highest BCUT2D eigenvalue weighted by Gasteiger charge is 2.26. The molecular formula is C18H20N2O. The molecule has 0 aliphatic carbocycles. The number of fused-ring (bicyclic) bond motifs is 2. The second-order valence-corrected chi connectivity index (χ2v) is 6.07. The van der Waals surface area contributed by atoms with Crippen molar-refractivity contribution in [3.8, 4) is 5.75 Å². The maximum atomic E-state index is 5.89. The molecule has 0 spiro atoms.